The van der Waals surface area contributed by atoms with Crippen LogP contribution in [0, 0.1) is 0 Å². The Labute approximate surface area is 77.5 Å². The standard InChI is InChI=1S/Al.Ca.H3O3P.5H/c;;1-4(2)3;;;;;/h;;1-3H;;;;;. The predicted molar refractivity (Wildman–Crippen MR) is 32.1 cm³/mol. The minimum absolute atomic E-state index is 0. The first-order valence-corrected chi connectivity index (χ1v) is 1.80. The molecule has 0 aliphatic rings. The quantitative estimate of drug-likeness (QED) is 0.259. The monoisotopic (exact) mass is 154 g/mol. The maximum atomic E-state index is 7.23. The van der Waals surface area contributed by atoms with Gasteiger partial charge in [0.25, 0.3) is 0 Å². The van der Waals surface area contributed by atoms with Crippen molar-refractivity contribution in [2.24, 2.45) is 0 Å². The normalized spacial score (nSPS) is 6.00. The van der Waals surface area contributed by atoms with E-state index in [9.17, 15) is 0 Å². The van der Waals surface area contributed by atoms with E-state index in [1.54, 1.807) is 0 Å². The maximum absolute atomic E-state index is 7.23. The van der Waals surface area contributed by atoms with Crippen molar-refractivity contribution < 1.29 is 14.7 Å². The van der Waals surface area contributed by atoms with Crippen LogP contribution < -0.4 is 0 Å². The van der Waals surface area contributed by atoms with Crippen LogP contribution in [0.25, 0.3) is 0 Å². The molecule has 0 saturated heterocycles. The van der Waals surface area contributed by atoms with Gasteiger partial charge in [0.15, 0.2) is 17.4 Å². The van der Waals surface area contributed by atoms with Crippen LogP contribution in [0.4, 0.5) is 0 Å². The Balaban J connectivity index is -0.0000000450. The SMILES string of the molecule is OP(O)O.[AlH3].[CaH2]. The van der Waals surface area contributed by atoms with E-state index in [4.69, 9.17) is 14.7 Å². The number of hydrogen-bond acceptors (Lipinski definition) is 3. The molecule has 0 fully saturated rings. The summed E-state index contributed by atoms with van der Waals surface area (Å²) in [6.45, 7) is 0. The molecule has 0 rings (SSSR count). The van der Waals surface area contributed by atoms with Crippen LogP contribution in [0.5, 0.6) is 0 Å². The fraction of sp³-hybridized carbons (Fsp3) is 0. The van der Waals surface area contributed by atoms with Gasteiger partial charge in [-0.05, 0) is 0 Å². The third-order valence-electron chi connectivity index (χ3n) is 0. The second-order valence-electron chi connectivity index (χ2n) is 0.268. The first-order valence-electron chi connectivity index (χ1n) is 0.600. The van der Waals surface area contributed by atoms with Crippen molar-refractivity contribution >= 4 is 63.7 Å². The van der Waals surface area contributed by atoms with Gasteiger partial charge in [-0.1, -0.05) is 0 Å². The van der Waals surface area contributed by atoms with E-state index in [0.29, 0.717) is 0 Å². The molecule has 0 aromatic carbocycles. The second-order valence-corrected chi connectivity index (χ2v) is 0.805. The molecule has 3 nitrogen and oxygen atoms in total. The first kappa shape index (κ1) is 15.7. The first-order chi connectivity index (χ1) is 1.73. The summed E-state index contributed by atoms with van der Waals surface area (Å²) in [6.07, 6.45) is 0. The van der Waals surface area contributed by atoms with Crippen LogP contribution in [0.15, 0.2) is 0 Å². The second kappa shape index (κ2) is 10.2. The third kappa shape index (κ3) is 35.9. The molecule has 0 bridgehead atoms. The summed E-state index contributed by atoms with van der Waals surface area (Å²) in [4.78, 5) is 21.7. The Morgan fingerprint density at radius 2 is 1.00 bits per heavy atom. The van der Waals surface area contributed by atoms with Crippen LogP contribution in [0.3, 0.4) is 0 Å². The molecule has 36 valence electrons. The molecule has 0 aromatic heterocycles. The van der Waals surface area contributed by atoms with E-state index in [0.717, 1.165) is 0 Å². The molecule has 0 aliphatic carbocycles. The molecular weight excluding hydrogens is 146 g/mol. The van der Waals surface area contributed by atoms with E-state index in [-0.39, 0.29) is 55.1 Å². The van der Waals surface area contributed by atoms with Crippen LogP contribution in [0.2, 0.25) is 0 Å². The summed E-state index contributed by atoms with van der Waals surface area (Å²) in [7, 11) is -2.62. The number of hydrogen-bond donors (Lipinski definition) is 3. The van der Waals surface area contributed by atoms with Gasteiger partial charge in [-0.2, -0.15) is 0 Å². The zero-order chi connectivity index (χ0) is 3.58. The van der Waals surface area contributed by atoms with Crippen LogP contribution in [0.1, 0.15) is 0 Å². The molecule has 6 heavy (non-hydrogen) atoms. The van der Waals surface area contributed by atoms with Crippen molar-refractivity contribution in [3.05, 3.63) is 0 Å². The average molecular weight is 154 g/mol. The van der Waals surface area contributed by atoms with Gasteiger partial charge < -0.3 is 14.7 Å². The Hall–Kier alpha value is 2.10. The van der Waals surface area contributed by atoms with Gasteiger partial charge in [0.1, 0.15) is 0 Å². The van der Waals surface area contributed by atoms with Gasteiger partial charge in [0, 0.05) is 0 Å². The summed E-state index contributed by atoms with van der Waals surface area (Å²) >= 11 is 0. The van der Waals surface area contributed by atoms with Gasteiger partial charge in [0.2, 0.25) is 0 Å². The van der Waals surface area contributed by atoms with E-state index >= 15 is 0 Å². The molecule has 0 unspecified atom stereocenters. The molecule has 0 heterocycles. The number of rotatable bonds is 0. The zero-order valence-corrected chi connectivity index (χ0v) is 2.68. The molecule has 0 amide bonds. The molecule has 0 saturated carbocycles. The van der Waals surface area contributed by atoms with Crippen molar-refractivity contribution in [2.45, 2.75) is 0 Å². The Morgan fingerprint density at radius 3 is 1.00 bits per heavy atom. The molecule has 0 atom stereocenters. The molecule has 0 radical (unpaired) electrons. The Morgan fingerprint density at radius 1 is 1.00 bits per heavy atom. The topological polar surface area (TPSA) is 60.7 Å². The molecule has 0 aliphatic heterocycles. The third-order valence-corrected chi connectivity index (χ3v) is 0. The van der Waals surface area contributed by atoms with Crippen molar-refractivity contribution in [1.29, 1.82) is 0 Å². The van der Waals surface area contributed by atoms with Gasteiger partial charge in [0.05, 0.1) is 0 Å². The van der Waals surface area contributed by atoms with Crippen molar-refractivity contribution in [2.75, 3.05) is 0 Å². The predicted octanol–water partition coefficient (Wildman–Crippen LogP) is -2.91. The molecule has 0 spiro atoms. The van der Waals surface area contributed by atoms with E-state index in [1.807, 2.05) is 0 Å². The molecule has 3 N–H and O–H groups in total. The van der Waals surface area contributed by atoms with Gasteiger partial charge in [-0.15, -0.1) is 0 Å². The van der Waals surface area contributed by atoms with E-state index in [2.05, 4.69) is 0 Å². The average Bonchev–Trinajstić information content (AvgIpc) is 0.811. The van der Waals surface area contributed by atoms with Gasteiger partial charge >= 0.3 is 46.3 Å². The van der Waals surface area contributed by atoms with Gasteiger partial charge in [-0.25, -0.2) is 0 Å². The fourth-order valence-corrected chi connectivity index (χ4v) is 0. The summed E-state index contributed by atoms with van der Waals surface area (Å²) in [6, 6.07) is 0. The van der Waals surface area contributed by atoms with E-state index < -0.39 is 8.60 Å². The summed E-state index contributed by atoms with van der Waals surface area (Å²) in [5.74, 6) is 0. The summed E-state index contributed by atoms with van der Waals surface area (Å²) in [5.41, 5.74) is 0. The van der Waals surface area contributed by atoms with Crippen molar-refractivity contribution in [1.82, 2.24) is 0 Å². The van der Waals surface area contributed by atoms with Crippen LogP contribution >= 0.6 is 8.60 Å². The fourth-order valence-electron chi connectivity index (χ4n) is 0. The Kier molecular flexibility index (Phi) is 26.6. The summed E-state index contributed by atoms with van der Waals surface area (Å²) < 4.78 is 0. The molecule has 6 heteroatoms. The van der Waals surface area contributed by atoms with E-state index in [1.165, 1.54) is 0 Å². The van der Waals surface area contributed by atoms with Crippen LogP contribution in [-0.4, -0.2) is 69.8 Å². The molecular formula is H8AlCaO3P. The van der Waals surface area contributed by atoms with Crippen molar-refractivity contribution in [3.8, 4) is 0 Å². The van der Waals surface area contributed by atoms with Crippen molar-refractivity contribution in [3.63, 3.8) is 0 Å². The van der Waals surface area contributed by atoms with Crippen LogP contribution in [-0.2, 0) is 0 Å². The Bertz CT molecular complexity index is 15.5. The van der Waals surface area contributed by atoms with Gasteiger partial charge in [-0.3, -0.25) is 0 Å². The molecule has 0 aromatic rings. The minimum atomic E-state index is -2.62. The zero-order valence-electron chi connectivity index (χ0n) is 1.79. The summed E-state index contributed by atoms with van der Waals surface area (Å²) in [5, 5.41) is 0.